The van der Waals surface area contributed by atoms with E-state index in [0.29, 0.717) is 23.2 Å². The molecule has 0 atom stereocenters. The molecule has 0 saturated heterocycles. The van der Waals surface area contributed by atoms with Crippen molar-refractivity contribution in [1.82, 2.24) is 15.1 Å². The summed E-state index contributed by atoms with van der Waals surface area (Å²) in [4.78, 5) is 8.35. The Balaban J connectivity index is 1.34. The summed E-state index contributed by atoms with van der Waals surface area (Å²) in [6.45, 7) is 0.0902. The quantitative estimate of drug-likeness (QED) is 0.588. The van der Waals surface area contributed by atoms with E-state index in [-0.39, 0.29) is 25.7 Å². The number of aromatic nitrogens is 3. The first kappa shape index (κ1) is 17.4. The van der Waals surface area contributed by atoms with Crippen LogP contribution in [0.25, 0.3) is 11.3 Å². The first-order valence-electron chi connectivity index (χ1n) is 8.48. The Labute approximate surface area is 155 Å². The minimum Gasteiger partial charge on any atom is -0.474 e. The first-order valence-corrected chi connectivity index (χ1v) is 8.48. The van der Waals surface area contributed by atoms with E-state index in [9.17, 15) is 4.39 Å². The molecule has 0 N–H and O–H groups in total. The predicted molar refractivity (Wildman–Crippen MR) is 92.9 cm³/mol. The van der Waals surface area contributed by atoms with Crippen molar-refractivity contribution in [3.8, 4) is 23.1 Å². The van der Waals surface area contributed by atoms with Gasteiger partial charge in [0.1, 0.15) is 6.10 Å². The van der Waals surface area contributed by atoms with Crippen molar-refractivity contribution in [3.63, 3.8) is 0 Å². The topological polar surface area (TPSA) is 79.5 Å². The summed E-state index contributed by atoms with van der Waals surface area (Å²) in [5.41, 5.74) is -0.251. The molecule has 1 aliphatic carbocycles. The monoisotopic (exact) mass is 371 g/mol. The molecule has 0 unspecified atom stereocenters. The summed E-state index contributed by atoms with van der Waals surface area (Å²) in [6, 6.07) is 10.4. The summed E-state index contributed by atoms with van der Waals surface area (Å²) >= 11 is 0. The van der Waals surface area contributed by atoms with Crippen LogP contribution in [0, 0.1) is 0 Å². The van der Waals surface area contributed by atoms with Gasteiger partial charge in [-0.25, -0.2) is 9.37 Å². The Bertz CT molecular complexity index is 879. The maximum atomic E-state index is 14.8. The summed E-state index contributed by atoms with van der Waals surface area (Å²) < 4.78 is 35.7. The van der Waals surface area contributed by atoms with Crippen LogP contribution in [0.3, 0.4) is 0 Å². The van der Waals surface area contributed by atoms with Gasteiger partial charge in [0.15, 0.2) is 18.2 Å². The van der Waals surface area contributed by atoms with Crippen LogP contribution in [0.1, 0.15) is 18.5 Å². The van der Waals surface area contributed by atoms with Gasteiger partial charge in [-0.3, -0.25) is 4.98 Å². The number of pyridine rings is 2. The third kappa shape index (κ3) is 3.75. The highest BCUT2D eigenvalue weighted by molar-refractivity contribution is 5.57. The lowest BCUT2D eigenvalue weighted by molar-refractivity contribution is -0.0513. The zero-order chi connectivity index (χ0) is 18.7. The molecule has 0 radical (unpaired) electrons. The molecule has 0 bridgehead atoms. The second-order valence-corrected chi connectivity index (χ2v) is 6.29. The molecule has 3 aromatic rings. The maximum absolute atomic E-state index is 14.8. The van der Waals surface area contributed by atoms with E-state index in [2.05, 4.69) is 15.1 Å². The Hall–Kier alpha value is -3.00. The van der Waals surface area contributed by atoms with Crippen molar-refractivity contribution < 1.29 is 23.1 Å². The fourth-order valence-corrected chi connectivity index (χ4v) is 2.93. The van der Waals surface area contributed by atoms with Crippen LogP contribution in [0.4, 0.5) is 4.39 Å². The zero-order valence-corrected chi connectivity index (χ0v) is 14.7. The SMILES string of the molecule is COCOc1cc(-c2ccc(OC3CC(F)(c4ccccn4)C3)nc2)on1. The van der Waals surface area contributed by atoms with Gasteiger partial charge in [0.25, 0.3) is 5.88 Å². The minimum absolute atomic E-state index is 0.0902. The summed E-state index contributed by atoms with van der Waals surface area (Å²) in [5, 5.41) is 3.78. The van der Waals surface area contributed by atoms with Gasteiger partial charge in [-0.05, 0) is 23.4 Å². The number of hydrogen-bond donors (Lipinski definition) is 0. The lowest BCUT2D eigenvalue weighted by Gasteiger charge is -2.40. The second kappa shape index (κ2) is 7.32. The summed E-state index contributed by atoms with van der Waals surface area (Å²) in [7, 11) is 1.52. The Kier molecular flexibility index (Phi) is 4.72. The first-order chi connectivity index (χ1) is 13.2. The molecule has 3 aromatic heterocycles. The minimum atomic E-state index is -1.43. The van der Waals surface area contributed by atoms with Crippen molar-refractivity contribution in [2.24, 2.45) is 0 Å². The molecule has 0 aliphatic heterocycles. The van der Waals surface area contributed by atoms with E-state index in [1.165, 1.54) is 7.11 Å². The van der Waals surface area contributed by atoms with Gasteiger partial charge < -0.3 is 18.7 Å². The lowest BCUT2D eigenvalue weighted by atomic mass is 9.76. The van der Waals surface area contributed by atoms with E-state index >= 15 is 0 Å². The van der Waals surface area contributed by atoms with Crippen LogP contribution in [-0.4, -0.2) is 35.1 Å². The van der Waals surface area contributed by atoms with Crippen molar-refractivity contribution in [2.45, 2.75) is 24.6 Å². The average molecular weight is 371 g/mol. The molecule has 8 heteroatoms. The van der Waals surface area contributed by atoms with Gasteiger partial charge in [-0.2, -0.15) is 0 Å². The molecule has 3 heterocycles. The molecule has 27 heavy (non-hydrogen) atoms. The number of ether oxygens (including phenoxy) is 3. The van der Waals surface area contributed by atoms with E-state index in [1.807, 2.05) is 0 Å². The number of methoxy groups -OCH3 is 1. The van der Waals surface area contributed by atoms with Gasteiger partial charge in [0.05, 0.1) is 5.69 Å². The molecule has 1 saturated carbocycles. The predicted octanol–water partition coefficient (Wildman–Crippen LogP) is 3.52. The number of nitrogens with zero attached hydrogens (tertiary/aromatic N) is 3. The smallest absolute Gasteiger partial charge is 0.256 e. The summed E-state index contributed by atoms with van der Waals surface area (Å²) in [5.74, 6) is 1.28. The highest BCUT2D eigenvalue weighted by Crippen LogP contribution is 2.45. The van der Waals surface area contributed by atoms with Gasteiger partial charge in [0, 0.05) is 50.0 Å². The lowest BCUT2D eigenvalue weighted by Crippen LogP contribution is -2.44. The molecule has 140 valence electrons. The van der Waals surface area contributed by atoms with Crippen LogP contribution in [-0.2, 0) is 10.4 Å². The van der Waals surface area contributed by atoms with Crippen molar-refractivity contribution in [3.05, 3.63) is 54.5 Å². The van der Waals surface area contributed by atoms with E-state index in [4.69, 9.17) is 18.7 Å². The van der Waals surface area contributed by atoms with Crippen LogP contribution in [0.2, 0.25) is 0 Å². The van der Waals surface area contributed by atoms with Crippen LogP contribution in [0.15, 0.2) is 53.3 Å². The summed E-state index contributed by atoms with van der Waals surface area (Å²) in [6.07, 6.45) is 3.50. The van der Waals surface area contributed by atoms with E-state index < -0.39 is 5.67 Å². The number of rotatable bonds is 7. The van der Waals surface area contributed by atoms with Crippen LogP contribution < -0.4 is 9.47 Å². The third-order valence-electron chi connectivity index (χ3n) is 4.35. The fraction of sp³-hybridized carbons (Fsp3) is 0.316. The van der Waals surface area contributed by atoms with Crippen molar-refractivity contribution in [2.75, 3.05) is 13.9 Å². The molecule has 0 amide bonds. The fourth-order valence-electron chi connectivity index (χ4n) is 2.93. The van der Waals surface area contributed by atoms with Gasteiger partial charge in [-0.15, -0.1) is 0 Å². The zero-order valence-electron chi connectivity index (χ0n) is 14.7. The van der Waals surface area contributed by atoms with Crippen LogP contribution in [0.5, 0.6) is 11.8 Å². The molecular formula is C19H18FN3O4. The van der Waals surface area contributed by atoms with Crippen LogP contribution >= 0.6 is 0 Å². The highest BCUT2D eigenvalue weighted by Gasteiger charge is 2.49. The van der Waals surface area contributed by atoms with Gasteiger partial charge in [0.2, 0.25) is 5.88 Å². The van der Waals surface area contributed by atoms with Crippen molar-refractivity contribution in [1.29, 1.82) is 0 Å². The number of halogens is 1. The molecule has 4 rings (SSSR count). The van der Waals surface area contributed by atoms with Gasteiger partial charge in [-0.1, -0.05) is 6.07 Å². The average Bonchev–Trinajstić information content (AvgIpc) is 3.15. The van der Waals surface area contributed by atoms with E-state index in [1.54, 1.807) is 48.8 Å². The largest absolute Gasteiger partial charge is 0.474 e. The third-order valence-corrected chi connectivity index (χ3v) is 4.35. The molecule has 0 spiro atoms. The second-order valence-electron chi connectivity index (χ2n) is 6.29. The Morgan fingerprint density at radius 1 is 1.19 bits per heavy atom. The molecular weight excluding hydrogens is 353 g/mol. The molecule has 1 fully saturated rings. The molecule has 7 nitrogen and oxygen atoms in total. The molecule has 0 aromatic carbocycles. The standard InChI is InChI=1S/C19H18FN3O4/c1-24-12-25-18-8-15(27-23-18)13-5-6-17(22-11-13)26-14-9-19(20,10-14)16-4-2-3-7-21-16/h2-8,11,14H,9-10,12H2,1H3. The molecule has 1 aliphatic rings. The maximum Gasteiger partial charge on any atom is 0.256 e. The Morgan fingerprint density at radius 2 is 2.07 bits per heavy atom. The number of alkyl halides is 1. The van der Waals surface area contributed by atoms with Crippen molar-refractivity contribution >= 4 is 0 Å². The normalized spacial score (nSPS) is 21.5. The Morgan fingerprint density at radius 3 is 2.78 bits per heavy atom. The number of hydrogen-bond acceptors (Lipinski definition) is 7. The highest BCUT2D eigenvalue weighted by atomic mass is 19.1. The van der Waals surface area contributed by atoms with Gasteiger partial charge >= 0.3 is 0 Å². The van der Waals surface area contributed by atoms with E-state index in [0.717, 1.165) is 5.56 Å².